The van der Waals surface area contributed by atoms with Crippen molar-refractivity contribution in [3.63, 3.8) is 0 Å². The summed E-state index contributed by atoms with van der Waals surface area (Å²) in [6.45, 7) is 2.20. The van der Waals surface area contributed by atoms with Gasteiger partial charge in [0.05, 0.1) is 5.69 Å². The van der Waals surface area contributed by atoms with Crippen molar-refractivity contribution in [2.75, 3.05) is 5.32 Å². The minimum absolute atomic E-state index is 0.169. The predicted octanol–water partition coefficient (Wildman–Crippen LogP) is 4.56. The molecular formula is C18H19ClFN3. The van der Waals surface area contributed by atoms with Crippen LogP contribution in [0.1, 0.15) is 48.9 Å². The Morgan fingerprint density at radius 3 is 2.61 bits per heavy atom. The van der Waals surface area contributed by atoms with Crippen molar-refractivity contribution >= 4 is 17.4 Å². The molecule has 2 aromatic rings. The average molecular weight is 332 g/mol. The quantitative estimate of drug-likeness (QED) is 0.835. The molecule has 0 aliphatic heterocycles. The summed E-state index contributed by atoms with van der Waals surface area (Å²) >= 11 is 6.16. The molecule has 1 aromatic carbocycles. The molecule has 0 radical (unpaired) electrons. The molecule has 5 heteroatoms. The minimum atomic E-state index is -0.215. The number of benzene rings is 1. The third-order valence-corrected chi connectivity index (χ3v) is 5.16. The zero-order chi connectivity index (χ0) is 16.0. The fraction of sp³-hybridized carbons (Fsp3) is 0.444. The Kier molecular flexibility index (Phi) is 3.72. The summed E-state index contributed by atoms with van der Waals surface area (Å²) in [5.74, 6) is 1.58. The first-order valence-corrected chi connectivity index (χ1v) is 8.58. The SMILES string of the molecule is CC(Nc1nc(Cl)nc2c1CCC2c1ccc(F)cc1)C1CC1. The number of rotatable bonds is 4. The molecule has 1 fully saturated rings. The number of fused-ring (bicyclic) bond motifs is 1. The molecule has 2 unspecified atom stereocenters. The lowest BCUT2D eigenvalue weighted by Gasteiger charge is -2.17. The van der Waals surface area contributed by atoms with E-state index in [9.17, 15) is 4.39 Å². The van der Waals surface area contributed by atoms with Gasteiger partial charge in [-0.15, -0.1) is 0 Å². The molecule has 23 heavy (non-hydrogen) atoms. The van der Waals surface area contributed by atoms with Crippen LogP contribution in [0.25, 0.3) is 0 Å². The molecule has 1 heterocycles. The average Bonchev–Trinajstić information content (AvgIpc) is 3.29. The minimum Gasteiger partial charge on any atom is -0.367 e. The van der Waals surface area contributed by atoms with E-state index >= 15 is 0 Å². The van der Waals surface area contributed by atoms with E-state index in [1.807, 2.05) is 12.1 Å². The van der Waals surface area contributed by atoms with Crippen molar-refractivity contribution in [2.24, 2.45) is 5.92 Å². The van der Waals surface area contributed by atoms with E-state index in [2.05, 4.69) is 22.2 Å². The lowest BCUT2D eigenvalue weighted by molar-refractivity contribution is 0.625. The molecule has 3 nitrogen and oxygen atoms in total. The second-order valence-electron chi connectivity index (χ2n) is 6.62. The number of nitrogens with zero attached hydrogens (tertiary/aromatic N) is 2. The highest BCUT2D eigenvalue weighted by atomic mass is 35.5. The molecule has 2 aliphatic rings. The second kappa shape index (κ2) is 5.75. The van der Waals surface area contributed by atoms with Crippen molar-refractivity contribution < 1.29 is 4.39 Å². The maximum absolute atomic E-state index is 13.2. The molecule has 0 spiro atoms. The molecule has 4 rings (SSSR count). The Morgan fingerprint density at radius 1 is 1.17 bits per heavy atom. The topological polar surface area (TPSA) is 37.8 Å². The van der Waals surface area contributed by atoms with Gasteiger partial charge in [0.25, 0.3) is 0 Å². The maximum Gasteiger partial charge on any atom is 0.224 e. The summed E-state index contributed by atoms with van der Waals surface area (Å²) in [6.07, 6.45) is 4.46. The molecule has 0 bridgehead atoms. The van der Waals surface area contributed by atoms with Crippen molar-refractivity contribution in [1.82, 2.24) is 9.97 Å². The van der Waals surface area contributed by atoms with Gasteiger partial charge < -0.3 is 5.32 Å². The Balaban J connectivity index is 1.67. The van der Waals surface area contributed by atoms with E-state index in [1.54, 1.807) is 0 Å². The molecule has 2 aliphatic carbocycles. The maximum atomic E-state index is 13.2. The Bertz CT molecular complexity index is 728. The van der Waals surface area contributed by atoms with Gasteiger partial charge in [0.15, 0.2) is 0 Å². The van der Waals surface area contributed by atoms with Crippen LogP contribution < -0.4 is 5.32 Å². The predicted molar refractivity (Wildman–Crippen MR) is 89.4 cm³/mol. The van der Waals surface area contributed by atoms with Gasteiger partial charge in [0, 0.05) is 17.5 Å². The zero-order valence-corrected chi connectivity index (χ0v) is 13.8. The van der Waals surface area contributed by atoms with E-state index in [-0.39, 0.29) is 17.0 Å². The molecule has 0 saturated heterocycles. The Labute approximate surface area is 140 Å². The standard InChI is InChI=1S/C18H19ClFN3/c1-10(11-2-3-11)21-17-15-9-8-14(16(15)22-18(19)23-17)12-4-6-13(20)7-5-12/h4-7,10-11,14H,2-3,8-9H2,1H3,(H,21,22,23). The van der Waals surface area contributed by atoms with Gasteiger partial charge in [-0.1, -0.05) is 12.1 Å². The third kappa shape index (κ3) is 2.92. The van der Waals surface area contributed by atoms with Gasteiger partial charge in [-0.3, -0.25) is 0 Å². The molecule has 2 atom stereocenters. The van der Waals surface area contributed by atoms with E-state index in [0.717, 1.165) is 41.4 Å². The molecule has 0 amide bonds. The van der Waals surface area contributed by atoms with Crippen LogP contribution in [0.3, 0.4) is 0 Å². The molecule has 1 aromatic heterocycles. The highest BCUT2D eigenvalue weighted by Crippen LogP contribution is 2.41. The first kappa shape index (κ1) is 14.9. The summed E-state index contributed by atoms with van der Waals surface area (Å²) < 4.78 is 13.2. The smallest absolute Gasteiger partial charge is 0.224 e. The molecule has 1 saturated carbocycles. The van der Waals surface area contributed by atoms with Crippen molar-refractivity contribution in [3.8, 4) is 0 Å². The first-order valence-electron chi connectivity index (χ1n) is 8.20. The molecular weight excluding hydrogens is 313 g/mol. The van der Waals surface area contributed by atoms with Crippen molar-refractivity contribution in [3.05, 3.63) is 52.2 Å². The Morgan fingerprint density at radius 2 is 1.91 bits per heavy atom. The summed E-state index contributed by atoms with van der Waals surface area (Å²) in [5, 5.41) is 3.81. The van der Waals surface area contributed by atoms with E-state index in [0.29, 0.717) is 6.04 Å². The Hall–Kier alpha value is -1.68. The monoisotopic (exact) mass is 331 g/mol. The lowest BCUT2D eigenvalue weighted by atomic mass is 9.97. The van der Waals surface area contributed by atoms with Crippen LogP contribution in [0, 0.1) is 11.7 Å². The normalized spacial score (nSPS) is 21.1. The number of halogens is 2. The number of anilines is 1. The molecule has 120 valence electrons. The van der Waals surface area contributed by atoms with Crippen LogP contribution in [-0.2, 0) is 6.42 Å². The van der Waals surface area contributed by atoms with Gasteiger partial charge in [0.2, 0.25) is 5.28 Å². The number of hydrogen-bond donors (Lipinski definition) is 1. The third-order valence-electron chi connectivity index (χ3n) is 4.99. The number of hydrogen-bond acceptors (Lipinski definition) is 3. The largest absolute Gasteiger partial charge is 0.367 e. The zero-order valence-electron chi connectivity index (χ0n) is 13.0. The second-order valence-corrected chi connectivity index (χ2v) is 6.96. The van der Waals surface area contributed by atoms with Crippen LogP contribution in [0.15, 0.2) is 24.3 Å². The highest BCUT2D eigenvalue weighted by Gasteiger charge is 2.32. The summed E-state index contributed by atoms with van der Waals surface area (Å²) in [4.78, 5) is 8.90. The van der Waals surface area contributed by atoms with Crippen LogP contribution in [0.5, 0.6) is 0 Å². The van der Waals surface area contributed by atoms with Gasteiger partial charge in [-0.25, -0.2) is 14.4 Å². The van der Waals surface area contributed by atoms with Gasteiger partial charge in [0.1, 0.15) is 11.6 Å². The summed E-state index contributed by atoms with van der Waals surface area (Å²) in [6, 6.07) is 7.10. The summed E-state index contributed by atoms with van der Waals surface area (Å²) in [5.41, 5.74) is 3.24. The van der Waals surface area contributed by atoms with Crippen molar-refractivity contribution in [2.45, 2.75) is 44.6 Å². The van der Waals surface area contributed by atoms with E-state index in [4.69, 9.17) is 11.6 Å². The fourth-order valence-corrected chi connectivity index (χ4v) is 3.68. The fourth-order valence-electron chi connectivity index (χ4n) is 3.50. The van der Waals surface area contributed by atoms with Gasteiger partial charge in [-0.2, -0.15) is 0 Å². The first-order chi connectivity index (χ1) is 11.1. The van der Waals surface area contributed by atoms with Gasteiger partial charge in [-0.05, 0) is 67.8 Å². The van der Waals surface area contributed by atoms with Crippen molar-refractivity contribution in [1.29, 1.82) is 0 Å². The van der Waals surface area contributed by atoms with E-state index in [1.165, 1.54) is 25.0 Å². The number of aromatic nitrogens is 2. The summed E-state index contributed by atoms with van der Waals surface area (Å²) in [7, 11) is 0. The number of nitrogens with one attached hydrogen (secondary N) is 1. The van der Waals surface area contributed by atoms with E-state index < -0.39 is 0 Å². The van der Waals surface area contributed by atoms with Crippen LogP contribution in [0.4, 0.5) is 10.2 Å². The van der Waals surface area contributed by atoms with Crippen LogP contribution in [0.2, 0.25) is 5.28 Å². The lowest BCUT2D eigenvalue weighted by Crippen LogP contribution is -2.19. The highest BCUT2D eigenvalue weighted by molar-refractivity contribution is 6.28. The van der Waals surface area contributed by atoms with Gasteiger partial charge >= 0.3 is 0 Å². The van der Waals surface area contributed by atoms with Crippen LogP contribution in [-0.4, -0.2) is 16.0 Å². The van der Waals surface area contributed by atoms with Crippen LogP contribution >= 0.6 is 11.6 Å². The molecule has 1 N–H and O–H groups in total.